The number of nitrogens with zero attached hydrogens (tertiary/aromatic N) is 1. The molecule has 1 saturated heterocycles. The van der Waals surface area contributed by atoms with Crippen LogP contribution in [0.15, 0.2) is 72.8 Å². The van der Waals surface area contributed by atoms with Gasteiger partial charge >= 0.3 is 12.4 Å². The van der Waals surface area contributed by atoms with Crippen LogP contribution in [0.2, 0.25) is 0 Å². The van der Waals surface area contributed by atoms with Gasteiger partial charge in [-0.1, -0.05) is 42.5 Å². The van der Waals surface area contributed by atoms with Crippen LogP contribution in [0.25, 0.3) is 0 Å². The number of rotatable bonds is 6. The molecule has 192 valence electrons. The van der Waals surface area contributed by atoms with Crippen LogP contribution in [0.5, 0.6) is 0 Å². The summed E-state index contributed by atoms with van der Waals surface area (Å²) in [7, 11) is 0. The van der Waals surface area contributed by atoms with Crippen molar-refractivity contribution in [2.75, 3.05) is 19.8 Å². The van der Waals surface area contributed by atoms with Gasteiger partial charge < -0.3 is 9.47 Å². The van der Waals surface area contributed by atoms with E-state index in [1.165, 1.54) is 24.3 Å². The average molecular weight is 513 g/mol. The maximum absolute atomic E-state index is 13.7. The van der Waals surface area contributed by atoms with Gasteiger partial charge in [0.2, 0.25) is 0 Å². The quantitative estimate of drug-likeness (QED) is 0.340. The lowest BCUT2D eigenvalue weighted by molar-refractivity contribution is -0.238. The Balaban J connectivity index is 1.73. The van der Waals surface area contributed by atoms with Crippen LogP contribution in [0.3, 0.4) is 0 Å². The van der Waals surface area contributed by atoms with Gasteiger partial charge in [0, 0.05) is 18.7 Å². The number of hydrogen-bond donors (Lipinski definition) is 0. The molecule has 0 N–H and O–H groups in total. The summed E-state index contributed by atoms with van der Waals surface area (Å²) >= 11 is 0. The summed E-state index contributed by atoms with van der Waals surface area (Å²) in [5.41, 5.74) is -3.16. The molecule has 36 heavy (non-hydrogen) atoms. The largest absolute Gasteiger partial charge is 0.416 e. The number of alkyl halides is 6. The van der Waals surface area contributed by atoms with Crippen LogP contribution in [0.4, 0.5) is 30.7 Å². The monoisotopic (exact) mass is 513 g/mol. The van der Waals surface area contributed by atoms with Gasteiger partial charge in [0.05, 0.1) is 30.9 Å². The zero-order valence-electron chi connectivity index (χ0n) is 18.9. The Labute approximate surface area is 203 Å². The Morgan fingerprint density at radius 1 is 0.806 bits per heavy atom. The minimum absolute atomic E-state index is 0.0590. The number of halogens is 7. The lowest BCUT2D eigenvalue weighted by Crippen LogP contribution is -2.55. The number of morpholine rings is 1. The molecule has 1 fully saturated rings. The molecule has 1 aliphatic rings. The van der Waals surface area contributed by atoms with Gasteiger partial charge in [0.25, 0.3) is 0 Å². The molecular weight excluding hydrogens is 491 g/mol. The Bertz CT molecular complexity index is 1130. The molecule has 3 aromatic rings. The highest BCUT2D eigenvalue weighted by Gasteiger charge is 2.43. The molecule has 3 aromatic carbocycles. The molecular formula is C26H22F7NO2. The molecule has 4 rings (SSSR count). The minimum atomic E-state index is -4.97. The van der Waals surface area contributed by atoms with Crippen molar-refractivity contribution < 1.29 is 40.2 Å². The minimum Gasteiger partial charge on any atom is -0.375 e. The maximum atomic E-state index is 13.7. The van der Waals surface area contributed by atoms with E-state index in [-0.39, 0.29) is 18.2 Å². The van der Waals surface area contributed by atoms with E-state index in [9.17, 15) is 30.7 Å². The third kappa shape index (κ3) is 5.88. The fraction of sp³-hybridized carbons (Fsp3) is 0.308. The smallest absolute Gasteiger partial charge is 0.375 e. The molecule has 0 aliphatic carbocycles. The van der Waals surface area contributed by atoms with E-state index in [1.54, 1.807) is 0 Å². The molecule has 10 heteroatoms. The van der Waals surface area contributed by atoms with Crippen molar-refractivity contribution >= 4 is 0 Å². The van der Waals surface area contributed by atoms with Gasteiger partial charge in [-0.15, -0.1) is 0 Å². The molecule has 0 saturated carbocycles. The summed E-state index contributed by atoms with van der Waals surface area (Å²) in [6.45, 7) is 0.428. The fourth-order valence-corrected chi connectivity index (χ4v) is 4.17. The highest BCUT2D eigenvalue weighted by molar-refractivity contribution is 5.34. The summed E-state index contributed by atoms with van der Waals surface area (Å²) in [6.07, 6.45) is -9.95. The molecule has 0 unspecified atom stereocenters. The van der Waals surface area contributed by atoms with Crippen molar-refractivity contribution in [2.24, 2.45) is 0 Å². The van der Waals surface area contributed by atoms with Crippen molar-refractivity contribution in [3.8, 4) is 0 Å². The van der Waals surface area contributed by atoms with E-state index in [4.69, 9.17) is 9.47 Å². The van der Waals surface area contributed by atoms with Crippen LogP contribution in [-0.2, 0) is 40.7 Å². The molecule has 0 radical (unpaired) electrons. The van der Waals surface area contributed by atoms with E-state index in [2.05, 4.69) is 0 Å². The van der Waals surface area contributed by atoms with Crippen molar-refractivity contribution in [2.45, 2.75) is 31.2 Å². The third-order valence-corrected chi connectivity index (χ3v) is 5.95. The van der Waals surface area contributed by atoms with Crippen LogP contribution in [-0.4, -0.2) is 24.7 Å². The Hall–Kier alpha value is -2.95. The number of ether oxygens (including phenoxy) is 2. The van der Waals surface area contributed by atoms with E-state index in [0.717, 1.165) is 5.56 Å². The van der Waals surface area contributed by atoms with Gasteiger partial charge in [-0.25, -0.2) is 4.39 Å². The van der Waals surface area contributed by atoms with Gasteiger partial charge in [-0.2, -0.15) is 26.3 Å². The van der Waals surface area contributed by atoms with Crippen molar-refractivity contribution in [3.05, 3.63) is 106 Å². The van der Waals surface area contributed by atoms with Gasteiger partial charge in [-0.05, 0) is 41.5 Å². The lowest BCUT2D eigenvalue weighted by atomic mass is 9.98. The summed E-state index contributed by atoms with van der Waals surface area (Å²) in [5.74, 6) is -0.507. The lowest BCUT2D eigenvalue weighted by Gasteiger charge is -2.47. The fourth-order valence-electron chi connectivity index (χ4n) is 4.17. The second-order valence-corrected chi connectivity index (χ2v) is 8.45. The zero-order chi connectivity index (χ0) is 26.0. The summed E-state index contributed by atoms with van der Waals surface area (Å²) < 4.78 is 106. The first-order valence-electron chi connectivity index (χ1n) is 11.0. The summed E-state index contributed by atoms with van der Waals surface area (Å²) in [4.78, 5) is 1.89. The Morgan fingerprint density at radius 2 is 1.42 bits per heavy atom. The Morgan fingerprint density at radius 3 is 2.00 bits per heavy atom. The van der Waals surface area contributed by atoms with Crippen molar-refractivity contribution in [1.82, 2.24) is 4.90 Å². The molecule has 1 atom stereocenters. The highest BCUT2D eigenvalue weighted by atomic mass is 19.4. The van der Waals surface area contributed by atoms with Crippen LogP contribution < -0.4 is 0 Å². The van der Waals surface area contributed by atoms with E-state index in [0.29, 0.717) is 37.4 Å². The maximum Gasteiger partial charge on any atom is 0.416 e. The van der Waals surface area contributed by atoms with Crippen molar-refractivity contribution in [1.29, 1.82) is 0 Å². The van der Waals surface area contributed by atoms with E-state index >= 15 is 0 Å². The molecule has 0 spiro atoms. The van der Waals surface area contributed by atoms with Gasteiger partial charge in [0.15, 0.2) is 5.72 Å². The van der Waals surface area contributed by atoms with E-state index in [1.807, 2.05) is 35.2 Å². The second kappa shape index (κ2) is 10.2. The standard InChI is InChI=1S/C26H22F7NO2/c27-23-8-6-20(7-9-23)24(17-35-11-10-34(24)15-18-4-2-1-3-5-18)36-16-19-12-21(25(28,29)30)14-22(13-19)26(31,32)33/h1-9,12-14H,10-11,15-17H2/t24-/m1/s1. The topological polar surface area (TPSA) is 21.7 Å². The molecule has 0 amide bonds. The summed E-state index contributed by atoms with van der Waals surface area (Å²) in [6, 6.07) is 16.0. The predicted octanol–water partition coefficient (Wildman–Crippen LogP) is 6.77. The summed E-state index contributed by atoms with van der Waals surface area (Å²) in [5, 5.41) is 0. The van der Waals surface area contributed by atoms with Crippen LogP contribution in [0, 0.1) is 5.82 Å². The highest BCUT2D eigenvalue weighted by Crippen LogP contribution is 2.39. The third-order valence-electron chi connectivity index (χ3n) is 5.95. The van der Waals surface area contributed by atoms with Crippen LogP contribution >= 0.6 is 0 Å². The van der Waals surface area contributed by atoms with Crippen LogP contribution in [0.1, 0.15) is 27.8 Å². The molecule has 0 aromatic heterocycles. The van der Waals surface area contributed by atoms with Gasteiger partial charge in [0.1, 0.15) is 5.82 Å². The Kier molecular flexibility index (Phi) is 7.40. The van der Waals surface area contributed by atoms with Gasteiger partial charge in [-0.3, -0.25) is 4.90 Å². The molecule has 3 nitrogen and oxygen atoms in total. The number of benzene rings is 3. The first-order chi connectivity index (χ1) is 17.0. The normalized spacial score (nSPS) is 19.4. The molecule has 1 aliphatic heterocycles. The second-order valence-electron chi connectivity index (χ2n) is 8.45. The molecule has 0 bridgehead atoms. The number of hydrogen-bond acceptors (Lipinski definition) is 3. The average Bonchev–Trinajstić information content (AvgIpc) is 2.83. The first-order valence-corrected chi connectivity index (χ1v) is 11.0. The predicted molar refractivity (Wildman–Crippen MR) is 117 cm³/mol. The molecule has 1 heterocycles. The van der Waals surface area contributed by atoms with E-state index < -0.39 is 41.6 Å². The first kappa shape index (κ1) is 26.1. The SMILES string of the molecule is Fc1ccc([C@]2(OCc3cc(C(F)(F)F)cc(C(F)(F)F)c3)COCCN2Cc2ccccc2)cc1. The zero-order valence-corrected chi connectivity index (χ0v) is 18.9. The van der Waals surface area contributed by atoms with Crippen molar-refractivity contribution in [3.63, 3.8) is 0 Å².